The van der Waals surface area contributed by atoms with Gasteiger partial charge in [-0.25, -0.2) is 0 Å². The summed E-state index contributed by atoms with van der Waals surface area (Å²) in [7, 11) is 1.61. The van der Waals surface area contributed by atoms with Gasteiger partial charge in [-0.05, 0) is 30.7 Å². The van der Waals surface area contributed by atoms with Crippen LogP contribution in [0.5, 0.6) is 5.75 Å². The minimum absolute atomic E-state index is 0.256. The van der Waals surface area contributed by atoms with Crippen LogP contribution < -0.4 is 10.5 Å². The van der Waals surface area contributed by atoms with E-state index in [2.05, 4.69) is 0 Å². The quantitative estimate of drug-likeness (QED) is 0.911. The Morgan fingerprint density at radius 1 is 1.28 bits per heavy atom. The molecule has 0 fully saturated rings. The smallest absolute Gasteiger partial charge is 0.125 e. The average Bonchev–Trinajstić information content (AvgIpc) is 2.68. The van der Waals surface area contributed by atoms with Crippen molar-refractivity contribution in [1.82, 2.24) is 0 Å². The van der Waals surface area contributed by atoms with E-state index >= 15 is 0 Å². The Kier molecular flexibility index (Phi) is 4.17. The molecule has 0 aliphatic rings. The number of hydrogen-bond acceptors (Lipinski definition) is 3. The third-order valence-corrected chi connectivity index (χ3v) is 4.59. The van der Waals surface area contributed by atoms with Crippen molar-refractivity contribution in [3.05, 3.63) is 49.6 Å². The standard InChI is InChI=1S/C13H13Cl2NOS/c1-7-5-11(18-13(7)15)12(16)9-4-3-8(14)6-10(9)17-2/h3-6,12H,16H2,1-2H3. The van der Waals surface area contributed by atoms with Crippen LogP contribution in [0.2, 0.25) is 9.36 Å². The first kappa shape index (κ1) is 13.7. The van der Waals surface area contributed by atoms with Crippen LogP contribution in [0, 0.1) is 6.92 Å². The molecule has 2 rings (SSSR count). The molecule has 0 saturated heterocycles. The lowest BCUT2D eigenvalue weighted by molar-refractivity contribution is 0.408. The van der Waals surface area contributed by atoms with Gasteiger partial charge in [0, 0.05) is 15.5 Å². The summed E-state index contributed by atoms with van der Waals surface area (Å²) in [5.74, 6) is 0.692. The van der Waals surface area contributed by atoms with E-state index in [0.717, 1.165) is 20.3 Å². The van der Waals surface area contributed by atoms with E-state index in [0.29, 0.717) is 10.8 Å². The third-order valence-electron chi connectivity index (χ3n) is 2.71. The number of rotatable bonds is 3. The highest BCUT2D eigenvalue weighted by atomic mass is 35.5. The largest absolute Gasteiger partial charge is 0.496 e. The first-order valence-corrected chi connectivity index (χ1v) is 6.95. The van der Waals surface area contributed by atoms with E-state index in [1.807, 2.05) is 19.1 Å². The summed E-state index contributed by atoms with van der Waals surface area (Å²) in [6, 6.07) is 7.20. The lowest BCUT2D eigenvalue weighted by Crippen LogP contribution is -2.11. The van der Waals surface area contributed by atoms with Crippen molar-refractivity contribution < 1.29 is 4.74 Å². The minimum atomic E-state index is -0.256. The molecule has 2 aromatic rings. The van der Waals surface area contributed by atoms with Gasteiger partial charge in [0.25, 0.3) is 0 Å². The summed E-state index contributed by atoms with van der Waals surface area (Å²) >= 11 is 13.5. The van der Waals surface area contributed by atoms with Gasteiger partial charge in [-0.1, -0.05) is 29.3 Å². The maximum absolute atomic E-state index is 6.25. The van der Waals surface area contributed by atoms with Crippen LogP contribution >= 0.6 is 34.5 Å². The minimum Gasteiger partial charge on any atom is -0.496 e. The number of aryl methyl sites for hydroxylation is 1. The first-order chi connectivity index (χ1) is 8.52. The van der Waals surface area contributed by atoms with Crippen LogP contribution in [0.25, 0.3) is 0 Å². The fourth-order valence-corrected chi connectivity index (χ4v) is 3.13. The Bertz CT molecular complexity index is 549. The summed E-state index contributed by atoms with van der Waals surface area (Å²) in [4.78, 5) is 1.01. The van der Waals surface area contributed by atoms with E-state index < -0.39 is 0 Å². The molecule has 1 atom stereocenters. The van der Waals surface area contributed by atoms with Crippen molar-refractivity contribution in [3.63, 3.8) is 0 Å². The van der Waals surface area contributed by atoms with Gasteiger partial charge in [-0.3, -0.25) is 0 Å². The second-order valence-corrected chi connectivity index (χ2v) is 6.09. The predicted molar refractivity (Wildman–Crippen MR) is 78.1 cm³/mol. The number of nitrogens with two attached hydrogens (primary N) is 1. The topological polar surface area (TPSA) is 35.2 Å². The van der Waals surface area contributed by atoms with Gasteiger partial charge in [0.05, 0.1) is 17.5 Å². The number of methoxy groups -OCH3 is 1. The van der Waals surface area contributed by atoms with Crippen molar-refractivity contribution in [2.45, 2.75) is 13.0 Å². The number of ether oxygens (including phenoxy) is 1. The van der Waals surface area contributed by atoms with Gasteiger partial charge in [0.15, 0.2) is 0 Å². The molecule has 0 bridgehead atoms. The highest BCUT2D eigenvalue weighted by Crippen LogP contribution is 2.36. The van der Waals surface area contributed by atoms with Crippen LogP contribution in [-0.4, -0.2) is 7.11 Å². The monoisotopic (exact) mass is 301 g/mol. The van der Waals surface area contributed by atoms with Gasteiger partial charge in [0.2, 0.25) is 0 Å². The summed E-state index contributed by atoms with van der Waals surface area (Å²) in [5.41, 5.74) is 8.20. The molecule has 1 aromatic carbocycles. The SMILES string of the molecule is COc1cc(Cl)ccc1C(N)c1cc(C)c(Cl)s1. The predicted octanol–water partition coefficient (Wildman–Crippen LogP) is 4.42. The third kappa shape index (κ3) is 2.64. The molecule has 0 spiro atoms. The molecule has 18 heavy (non-hydrogen) atoms. The van der Waals surface area contributed by atoms with E-state index in [1.165, 1.54) is 11.3 Å². The Balaban J connectivity index is 2.42. The zero-order chi connectivity index (χ0) is 13.3. The normalized spacial score (nSPS) is 12.5. The highest BCUT2D eigenvalue weighted by Gasteiger charge is 2.17. The molecular formula is C13H13Cl2NOS. The molecule has 5 heteroatoms. The number of benzene rings is 1. The molecular weight excluding hydrogens is 289 g/mol. The maximum Gasteiger partial charge on any atom is 0.125 e. The summed E-state index contributed by atoms with van der Waals surface area (Å²) < 4.78 is 6.08. The van der Waals surface area contributed by atoms with Crippen molar-refractivity contribution >= 4 is 34.5 Å². The molecule has 96 valence electrons. The van der Waals surface area contributed by atoms with E-state index in [-0.39, 0.29) is 6.04 Å². The first-order valence-electron chi connectivity index (χ1n) is 5.37. The lowest BCUT2D eigenvalue weighted by atomic mass is 10.0. The van der Waals surface area contributed by atoms with Crippen molar-refractivity contribution in [1.29, 1.82) is 0 Å². The zero-order valence-electron chi connectivity index (χ0n) is 10.0. The van der Waals surface area contributed by atoms with Gasteiger partial charge in [-0.15, -0.1) is 11.3 Å². The second kappa shape index (κ2) is 5.49. The number of hydrogen-bond donors (Lipinski definition) is 1. The number of thiophene rings is 1. The van der Waals surface area contributed by atoms with E-state index in [9.17, 15) is 0 Å². The summed E-state index contributed by atoms with van der Waals surface area (Å²) in [6.45, 7) is 1.97. The fraction of sp³-hybridized carbons (Fsp3) is 0.231. The fourth-order valence-electron chi connectivity index (χ4n) is 1.73. The molecule has 0 saturated carbocycles. The van der Waals surface area contributed by atoms with Crippen LogP contribution in [-0.2, 0) is 0 Å². The van der Waals surface area contributed by atoms with Gasteiger partial charge in [0.1, 0.15) is 5.75 Å². The Hall–Kier alpha value is -0.740. The zero-order valence-corrected chi connectivity index (χ0v) is 12.4. The highest BCUT2D eigenvalue weighted by molar-refractivity contribution is 7.16. The number of halogens is 2. The van der Waals surface area contributed by atoms with Crippen LogP contribution in [0.3, 0.4) is 0 Å². The van der Waals surface area contributed by atoms with Crippen LogP contribution in [0.4, 0.5) is 0 Å². The molecule has 1 unspecified atom stereocenters. The summed E-state index contributed by atoms with van der Waals surface area (Å²) in [5, 5.41) is 0.628. The molecule has 2 N–H and O–H groups in total. The molecule has 1 heterocycles. The Morgan fingerprint density at radius 3 is 2.56 bits per heavy atom. The molecule has 2 nitrogen and oxygen atoms in total. The molecule has 0 aliphatic carbocycles. The Labute approximate surface area is 120 Å². The van der Waals surface area contributed by atoms with Gasteiger partial charge >= 0.3 is 0 Å². The van der Waals surface area contributed by atoms with Crippen LogP contribution in [0.15, 0.2) is 24.3 Å². The molecule has 0 amide bonds. The maximum atomic E-state index is 6.25. The van der Waals surface area contributed by atoms with E-state index in [1.54, 1.807) is 19.2 Å². The Morgan fingerprint density at radius 2 is 2.00 bits per heavy atom. The van der Waals surface area contributed by atoms with Gasteiger partial charge in [-0.2, -0.15) is 0 Å². The second-order valence-electron chi connectivity index (χ2n) is 3.97. The lowest BCUT2D eigenvalue weighted by Gasteiger charge is -2.14. The average molecular weight is 302 g/mol. The molecule has 1 aromatic heterocycles. The molecule has 0 aliphatic heterocycles. The van der Waals surface area contributed by atoms with E-state index in [4.69, 9.17) is 33.7 Å². The van der Waals surface area contributed by atoms with Crippen molar-refractivity contribution in [2.75, 3.05) is 7.11 Å². The molecule has 0 radical (unpaired) electrons. The van der Waals surface area contributed by atoms with Gasteiger partial charge < -0.3 is 10.5 Å². The van der Waals surface area contributed by atoms with Crippen molar-refractivity contribution in [2.24, 2.45) is 5.73 Å². The van der Waals surface area contributed by atoms with Crippen LogP contribution in [0.1, 0.15) is 22.0 Å². The van der Waals surface area contributed by atoms with Crippen molar-refractivity contribution in [3.8, 4) is 5.75 Å². The summed E-state index contributed by atoms with van der Waals surface area (Å²) in [6.07, 6.45) is 0.